The number of sulfonamides is 1. The third-order valence-corrected chi connectivity index (χ3v) is 5.05. The Kier molecular flexibility index (Phi) is 5.20. The molecule has 3 N–H and O–H groups in total. The Balaban J connectivity index is 1.91. The van der Waals surface area contributed by atoms with Crippen molar-refractivity contribution in [3.63, 3.8) is 0 Å². The zero-order chi connectivity index (χ0) is 14.6. The summed E-state index contributed by atoms with van der Waals surface area (Å²) in [6.45, 7) is 3.17. The molecule has 2 rings (SSSR count). The Morgan fingerprint density at radius 3 is 2.70 bits per heavy atom. The van der Waals surface area contributed by atoms with Gasteiger partial charge in [-0.25, -0.2) is 18.1 Å². The molecule has 8 heteroatoms. The molecule has 1 aromatic rings. The highest BCUT2D eigenvalue weighted by Crippen LogP contribution is 2.19. The van der Waals surface area contributed by atoms with Crippen LogP contribution in [0.1, 0.15) is 19.3 Å². The van der Waals surface area contributed by atoms with E-state index in [4.69, 9.17) is 17.3 Å². The lowest BCUT2D eigenvalue weighted by atomic mass is 10.1. The fourth-order valence-electron chi connectivity index (χ4n) is 2.18. The van der Waals surface area contributed by atoms with Crippen LogP contribution in [-0.2, 0) is 10.0 Å². The Hall–Kier alpha value is -0.890. The van der Waals surface area contributed by atoms with Crippen molar-refractivity contribution in [1.29, 1.82) is 0 Å². The summed E-state index contributed by atoms with van der Waals surface area (Å²) in [5, 5.41) is 0.143. The number of nitrogen functional groups attached to an aromatic ring is 1. The second-order valence-electron chi connectivity index (χ2n) is 4.84. The van der Waals surface area contributed by atoms with Crippen molar-refractivity contribution in [1.82, 2.24) is 14.6 Å². The van der Waals surface area contributed by atoms with Gasteiger partial charge in [-0.3, -0.25) is 0 Å². The minimum absolute atomic E-state index is 0.0374. The van der Waals surface area contributed by atoms with Crippen LogP contribution in [0.5, 0.6) is 0 Å². The fraction of sp³-hybridized carbons (Fsp3) is 0.583. The molecule has 0 radical (unpaired) electrons. The molecule has 0 unspecified atom stereocenters. The van der Waals surface area contributed by atoms with Gasteiger partial charge in [0.2, 0.25) is 10.0 Å². The van der Waals surface area contributed by atoms with Gasteiger partial charge < -0.3 is 10.6 Å². The number of likely N-dealkylation sites (tertiary alicyclic amines) is 1. The highest BCUT2D eigenvalue weighted by Gasteiger charge is 2.17. The van der Waals surface area contributed by atoms with Crippen molar-refractivity contribution < 1.29 is 8.42 Å². The zero-order valence-electron chi connectivity index (χ0n) is 11.2. The number of piperidine rings is 1. The molecule has 0 saturated carbocycles. The van der Waals surface area contributed by atoms with E-state index in [9.17, 15) is 8.42 Å². The highest BCUT2D eigenvalue weighted by atomic mass is 35.5. The van der Waals surface area contributed by atoms with E-state index in [1.165, 1.54) is 31.5 Å². The predicted octanol–water partition coefficient (Wildman–Crippen LogP) is 1.08. The van der Waals surface area contributed by atoms with Crippen LogP contribution < -0.4 is 10.5 Å². The molecule has 6 nitrogen and oxygen atoms in total. The molecular weight excluding hydrogens is 300 g/mol. The summed E-state index contributed by atoms with van der Waals surface area (Å²) in [6.07, 6.45) is 4.84. The van der Waals surface area contributed by atoms with E-state index in [1.54, 1.807) is 0 Å². The van der Waals surface area contributed by atoms with Crippen LogP contribution in [0.3, 0.4) is 0 Å². The summed E-state index contributed by atoms with van der Waals surface area (Å²) in [6, 6.07) is 1.31. The van der Waals surface area contributed by atoms with Gasteiger partial charge in [0.1, 0.15) is 10.7 Å². The first kappa shape index (κ1) is 15.5. The van der Waals surface area contributed by atoms with Gasteiger partial charge in [-0.15, -0.1) is 0 Å². The van der Waals surface area contributed by atoms with E-state index in [0.29, 0.717) is 6.54 Å². The lowest BCUT2D eigenvalue weighted by Crippen LogP contribution is -2.37. The molecule has 1 aliphatic rings. The van der Waals surface area contributed by atoms with Gasteiger partial charge in [-0.2, -0.15) is 0 Å². The van der Waals surface area contributed by atoms with Crippen molar-refractivity contribution >= 4 is 27.4 Å². The van der Waals surface area contributed by atoms with Gasteiger partial charge in [0.15, 0.2) is 0 Å². The molecular formula is C12H19ClN4O2S. The Labute approximate surface area is 124 Å². The molecule has 0 aromatic carbocycles. The van der Waals surface area contributed by atoms with Crippen LogP contribution in [0.2, 0.25) is 5.02 Å². The number of nitrogens with one attached hydrogen (secondary N) is 1. The minimum Gasteiger partial charge on any atom is -0.382 e. The van der Waals surface area contributed by atoms with Gasteiger partial charge in [0.05, 0.1) is 5.02 Å². The maximum absolute atomic E-state index is 12.1. The van der Waals surface area contributed by atoms with Crippen LogP contribution in [0.15, 0.2) is 17.2 Å². The third kappa shape index (κ3) is 4.05. The number of halogens is 1. The maximum atomic E-state index is 12.1. The van der Waals surface area contributed by atoms with Gasteiger partial charge in [-0.05, 0) is 32.0 Å². The quantitative estimate of drug-likeness (QED) is 0.848. The monoisotopic (exact) mass is 318 g/mol. The van der Waals surface area contributed by atoms with Crippen LogP contribution in [0.4, 0.5) is 5.82 Å². The second kappa shape index (κ2) is 6.71. The summed E-state index contributed by atoms with van der Waals surface area (Å²) in [7, 11) is -3.58. The van der Waals surface area contributed by atoms with E-state index in [-0.39, 0.29) is 15.7 Å². The number of nitrogens with two attached hydrogens (primary N) is 1. The standard InChI is InChI=1S/C12H19ClN4O2S/c13-11-8-10(9-15-12(11)14)20(18,19)16-4-7-17-5-2-1-3-6-17/h8-9,16H,1-7H2,(H2,14,15). The van der Waals surface area contributed by atoms with Gasteiger partial charge in [-0.1, -0.05) is 18.0 Å². The molecule has 0 amide bonds. The Morgan fingerprint density at radius 2 is 2.05 bits per heavy atom. The lowest BCUT2D eigenvalue weighted by molar-refractivity contribution is 0.233. The molecule has 0 atom stereocenters. The number of rotatable bonds is 5. The summed E-state index contributed by atoms with van der Waals surface area (Å²) in [4.78, 5) is 6.06. The van der Waals surface area contributed by atoms with E-state index in [1.807, 2.05) is 0 Å². The molecule has 1 aliphatic heterocycles. The molecule has 0 bridgehead atoms. The second-order valence-corrected chi connectivity index (χ2v) is 7.01. The Morgan fingerprint density at radius 1 is 1.35 bits per heavy atom. The molecule has 1 fully saturated rings. The topological polar surface area (TPSA) is 88.3 Å². The van der Waals surface area contributed by atoms with Gasteiger partial charge in [0, 0.05) is 19.3 Å². The average Bonchev–Trinajstić information content (AvgIpc) is 2.43. The first-order chi connectivity index (χ1) is 9.49. The number of aromatic nitrogens is 1. The van der Waals surface area contributed by atoms with Crippen LogP contribution >= 0.6 is 11.6 Å². The maximum Gasteiger partial charge on any atom is 0.242 e. The fourth-order valence-corrected chi connectivity index (χ4v) is 3.40. The first-order valence-electron chi connectivity index (χ1n) is 6.62. The van der Waals surface area contributed by atoms with Crippen LogP contribution in [0.25, 0.3) is 0 Å². The SMILES string of the molecule is Nc1ncc(S(=O)(=O)NCCN2CCCCC2)cc1Cl. The molecule has 1 saturated heterocycles. The average molecular weight is 319 g/mol. The summed E-state index contributed by atoms with van der Waals surface area (Å²) in [5.41, 5.74) is 5.46. The molecule has 1 aromatic heterocycles. The predicted molar refractivity (Wildman–Crippen MR) is 79.1 cm³/mol. The molecule has 20 heavy (non-hydrogen) atoms. The highest BCUT2D eigenvalue weighted by molar-refractivity contribution is 7.89. The van der Waals surface area contributed by atoms with E-state index in [0.717, 1.165) is 19.6 Å². The van der Waals surface area contributed by atoms with Crippen molar-refractivity contribution in [2.45, 2.75) is 24.2 Å². The van der Waals surface area contributed by atoms with Crippen molar-refractivity contribution in [2.75, 3.05) is 31.9 Å². The van der Waals surface area contributed by atoms with Crippen molar-refractivity contribution in [2.24, 2.45) is 0 Å². The van der Waals surface area contributed by atoms with E-state index in [2.05, 4.69) is 14.6 Å². The van der Waals surface area contributed by atoms with E-state index < -0.39 is 10.0 Å². The third-order valence-electron chi connectivity index (χ3n) is 3.32. The van der Waals surface area contributed by atoms with Gasteiger partial charge in [0.25, 0.3) is 0 Å². The van der Waals surface area contributed by atoms with Crippen molar-refractivity contribution in [3.05, 3.63) is 17.3 Å². The lowest BCUT2D eigenvalue weighted by Gasteiger charge is -2.26. The Bertz CT molecular complexity index is 559. The number of hydrogen-bond acceptors (Lipinski definition) is 5. The minimum atomic E-state index is -3.58. The normalized spacial score (nSPS) is 17.2. The van der Waals surface area contributed by atoms with E-state index >= 15 is 0 Å². The largest absolute Gasteiger partial charge is 0.382 e. The summed E-state index contributed by atoms with van der Waals surface area (Å²) in [5.74, 6) is 0.124. The van der Waals surface area contributed by atoms with Crippen LogP contribution in [0, 0.1) is 0 Å². The number of pyridine rings is 1. The number of anilines is 1. The molecule has 0 aliphatic carbocycles. The summed E-state index contributed by atoms with van der Waals surface area (Å²) >= 11 is 5.79. The summed E-state index contributed by atoms with van der Waals surface area (Å²) < 4.78 is 26.7. The smallest absolute Gasteiger partial charge is 0.242 e. The molecule has 112 valence electrons. The van der Waals surface area contributed by atoms with Gasteiger partial charge >= 0.3 is 0 Å². The number of hydrogen-bond donors (Lipinski definition) is 2. The van der Waals surface area contributed by atoms with Crippen LogP contribution in [-0.4, -0.2) is 44.5 Å². The number of nitrogens with zero attached hydrogens (tertiary/aromatic N) is 2. The van der Waals surface area contributed by atoms with Crippen molar-refractivity contribution in [3.8, 4) is 0 Å². The molecule has 0 spiro atoms. The first-order valence-corrected chi connectivity index (χ1v) is 8.48. The zero-order valence-corrected chi connectivity index (χ0v) is 12.8. The molecule has 2 heterocycles.